The second-order valence-electron chi connectivity index (χ2n) is 6.13. The van der Waals surface area contributed by atoms with E-state index in [4.69, 9.17) is 5.11 Å². The first-order valence-corrected chi connectivity index (χ1v) is 8.24. The fraction of sp³-hybridized carbons (Fsp3) is 0.938. The van der Waals surface area contributed by atoms with Crippen LogP contribution in [0.1, 0.15) is 59.3 Å². The molecule has 0 spiro atoms. The molecule has 1 fully saturated rings. The monoisotopic (exact) mass is 284 g/mol. The average Bonchev–Trinajstić information content (AvgIpc) is 2.44. The average molecular weight is 284 g/mol. The van der Waals surface area contributed by atoms with Gasteiger partial charge in [0.15, 0.2) is 0 Å². The van der Waals surface area contributed by atoms with Crippen LogP contribution in [0.5, 0.6) is 0 Å². The van der Waals surface area contributed by atoms with Crippen molar-refractivity contribution < 1.29 is 9.90 Å². The van der Waals surface area contributed by atoms with Gasteiger partial charge in [-0.3, -0.25) is 9.69 Å². The summed E-state index contributed by atoms with van der Waals surface area (Å²) in [6, 6.07) is 0.718. The molecule has 4 nitrogen and oxygen atoms in total. The van der Waals surface area contributed by atoms with Gasteiger partial charge in [0.2, 0.25) is 5.91 Å². The highest BCUT2D eigenvalue weighted by atomic mass is 16.3. The molecular weight excluding hydrogens is 252 g/mol. The van der Waals surface area contributed by atoms with Gasteiger partial charge in [-0.05, 0) is 39.7 Å². The molecule has 4 heteroatoms. The smallest absolute Gasteiger partial charge is 0.237 e. The van der Waals surface area contributed by atoms with E-state index in [9.17, 15) is 4.79 Å². The molecule has 1 aliphatic carbocycles. The van der Waals surface area contributed by atoms with E-state index in [1.54, 1.807) is 0 Å². The summed E-state index contributed by atoms with van der Waals surface area (Å²) in [7, 11) is 0. The number of rotatable bonds is 8. The second kappa shape index (κ2) is 9.35. The van der Waals surface area contributed by atoms with E-state index in [2.05, 4.69) is 30.6 Å². The number of amides is 1. The van der Waals surface area contributed by atoms with Gasteiger partial charge in [-0.2, -0.15) is 0 Å². The van der Waals surface area contributed by atoms with Crippen molar-refractivity contribution in [2.75, 3.05) is 26.2 Å². The maximum absolute atomic E-state index is 12.6. The molecule has 1 rings (SSSR count). The largest absolute Gasteiger partial charge is 0.396 e. The zero-order valence-electron chi connectivity index (χ0n) is 13.5. The van der Waals surface area contributed by atoms with Crippen LogP contribution in [0.4, 0.5) is 0 Å². The van der Waals surface area contributed by atoms with E-state index in [0.717, 1.165) is 32.4 Å². The van der Waals surface area contributed by atoms with E-state index >= 15 is 0 Å². The Balaban J connectivity index is 2.58. The Kier molecular flexibility index (Phi) is 8.15. The summed E-state index contributed by atoms with van der Waals surface area (Å²) in [6.07, 6.45) is 6.88. The van der Waals surface area contributed by atoms with E-state index in [1.807, 2.05) is 0 Å². The van der Waals surface area contributed by atoms with Crippen molar-refractivity contribution in [3.63, 3.8) is 0 Å². The predicted octanol–water partition coefficient (Wildman–Crippen LogP) is 2.26. The number of likely N-dealkylation sites (N-methyl/N-ethyl adjacent to an activating group) is 1. The molecule has 0 unspecified atom stereocenters. The van der Waals surface area contributed by atoms with Gasteiger partial charge >= 0.3 is 0 Å². The van der Waals surface area contributed by atoms with Crippen LogP contribution in [0.3, 0.4) is 0 Å². The Morgan fingerprint density at radius 1 is 1.25 bits per heavy atom. The van der Waals surface area contributed by atoms with Crippen molar-refractivity contribution in [2.24, 2.45) is 0 Å². The van der Waals surface area contributed by atoms with Crippen molar-refractivity contribution in [1.29, 1.82) is 0 Å². The lowest BCUT2D eigenvalue weighted by Crippen LogP contribution is -2.49. The number of carbonyl (C=O) groups excluding carboxylic acids is 1. The fourth-order valence-electron chi connectivity index (χ4n) is 3.19. The number of nitrogens with zero attached hydrogens (tertiary/aromatic N) is 2. The van der Waals surface area contributed by atoms with Gasteiger partial charge in [0, 0.05) is 25.2 Å². The number of carbonyl (C=O) groups is 1. The topological polar surface area (TPSA) is 43.8 Å². The third-order valence-corrected chi connectivity index (χ3v) is 4.25. The molecule has 1 N–H and O–H groups in total. The van der Waals surface area contributed by atoms with Gasteiger partial charge in [-0.25, -0.2) is 0 Å². The molecule has 0 radical (unpaired) electrons. The maximum atomic E-state index is 12.6. The minimum atomic E-state index is 0.196. The molecule has 118 valence electrons. The van der Waals surface area contributed by atoms with Crippen LogP contribution in [0, 0.1) is 0 Å². The molecule has 0 saturated heterocycles. The van der Waals surface area contributed by atoms with Crippen LogP contribution >= 0.6 is 0 Å². The lowest BCUT2D eigenvalue weighted by molar-refractivity contribution is -0.137. The van der Waals surface area contributed by atoms with E-state index in [0.29, 0.717) is 12.6 Å². The molecule has 1 aliphatic rings. The first-order chi connectivity index (χ1) is 9.60. The zero-order valence-corrected chi connectivity index (χ0v) is 13.5. The van der Waals surface area contributed by atoms with Crippen molar-refractivity contribution in [3.05, 3.63) is 0 Å². The Hall–Kier alpha value is -0.610. The normalized spacial score (nSPS) is 16.9. The molecule has 20 heavy (non-hydrogen) atoms. The molecule has 1 amide bonds. The van der Waals surface area contributed by atoms with E-state index in [-0.39, 0.29) is 18.6 Å². The van der Waals surface area contributed by atoms with Crippen molar-refractivity contribution >= 4 is 5.91 Å². The first-order valence-electron chi connectivity index (χ1n) is 8.24. The van der Waals surface area contributed by atoms with Gasteiger partial charge in [0.05, 0.1) is 6.54 Å². The van der Waals surface area contributed by atoms with Gasteiger partial charge in [0.1, 0.15) is 0 Å². The fourth-order valence-corrected chi connectivity index (χ4v) is 3.19. The number of hydrogen-bond acceptors (Lipinski definition) is 3. The highest BCUT2D eigenvalue weighted by molar-refractivity contribution is 5.79. The number of aliphatic hydroxyl groups excluding tert-OH is 1. The van der Waals surface area contributed by atoms with Gasteiger partial charge < -0.3 is 10.0 Å². The first kappa shape index (κ1) is 17.4. The summed E-state index contributed by atoms with van der Waals surface area (Å²) in [5, 5.41) is 8.92. The Morgan fingerprint density at radius 3 is 2.40 bits per heavy atom. The molecule has 0 aromatic heterocycles. The van der Waals surface area contributed by atoms with Gasteiger partial charge in [-0.1, -0.05) is 26.2 Å². The number of hydrogen-bond donors (Lipinski definition) is 1. The highest BCUT2D eigenvalue weighted by Gasteiger charge is 2.28. The lowest BCUT2D eigenvalue weighted by atomic mass is 9.93. The summed E-state index contributed by atoms with van der Waals surface area (Å²) >= 11 is 0. The van der Waals surface area contributed by atoms with Gasteiger partial charge in [-0.15, -0.1) is 0 Å². The van der Waals surface area contributed by atoms with Crippen molar-refractivity contribution in [3.8, 4) is 0 Å². The van der Waals surface area contributed by atoms with E-state index in [1.165, 1.54) is 19.3 Å². The summed E-state index contributed by atoms with van der Waals surface area (Å²) in [5.74, 6) is 0.256. The molecule has 0 heterocycles. The molecule has 0 bridgehead atoms. The maximum Gasteiger partial charge on any atom is 0.237 e. The Labute approximate surface area is 124 Å². The Morgan fingerprint density at radius 2 is 1.90 bits per heavy atom. The minimum absolute atomic E-state index is 0.196. The summed E-state index contributed by atoms with van der Waals surface area (Å²) in [4.78, 5) is 16.9. The SMILES string of the molecule is CCN(CCCO)CC(=O)N(C(C)C)C1CCCCC1. The van der Waals surface area contributed by atoms with Crippen LogP contribution in [0.25, 0.3) is 0 Å². The molecule has 0 aromatic carbocycles. The highest BCUT2D eigenvalue weighted by Crippen LogP contribution is 2.24. The quantitative estimate of drug-likeness (QED) is 0.743. The van der Waals surface area contributed by atoms with Crippen molar-refractivity contribution in [1.82, 2.24) is 9.80 Å². The standard InChI is InChI=1S/C16H32N2O2/c1-4-17(11-8-12-19)13-16(20)18(14(2)3)15-9-6-5-7-10-15/h14-15,19H,4-13H2,1-3H3. The predicted molar refractivity (Wildman–Crippen MR) is 82.7 cm³/mol. The third-order valence-electron chi connectivity index (χ3n) is 4.25. The third kappa shape index (κ3) is 5.41. The van der Waals surface area contributed by atoms with Crippen molar-refractivity contribution in [2.45, 2.75) is 71.4 Å². The summed E-state index contributed by atoms with van der Waals surface area (Å²) < 4.78 is 0. The summed E-state index contributed by atoms with van der Waals surface area (Å²) in [5.41, 5.74) is 0. The van der Waals surface area contributed by atoms with Crippen LogP contribution in [-0.4, -0.2) is 59.1 Å². The Bertz CT molecular complexity index is 276. The van der Waals surface area contributed by atoms with Crippen LogP contribution in [0.15, 0.2) is 0 Å². The number of aliphatic hydroxyl groups is 1. The van der Waals surface area contributed by atoms with Gasteiger partial charge in [0.25, 0.3) is 0 Å². The lowest BCUT2D eigenvalue weighted by Gasteiger charge is -2.38. The minimum Gasteiger partial charge on any atom is -0.396 e. The molecule has 1 saturated carbocycles. The second-order valence-corrected chi connectivity index (χ2v) is 6.13. The van der Waals surface area contributed by atoms with Crippen LogP contribution in [-0.2, 0) is 4.79 Å². The molecule has 0 atom stereocenters. The summed E-state index contributed by atoms with van der Waals surface area (Å²) in [6.45, 7) is 8.67. The molecule has 0 aliphatic heterocycles. The molecular formula is C16H32N2O2. The van der Waals surface area contributed by atoms with Crippen LogP contribution in [0.2, 0.25) is 0 Å². The zero-order chi connectivity index (χ0) is 15.0. The van der Waals surface area contributed by atoms with Crippen LogP contribution < -0.4 is 0 Å². The van der Waals surface area contributed by atoms with E-state index < -0.39 is 0 Å². The molecule has 0 aromatic rings.